The largest absolute Gasteiger partial charge is 0.458 e. The monoisotopic (exact) mass is 323 g/mol. The molecule has 3 rings (SSSR count). The van der Waals surface area contributed by atoms with Crippen molar-refractivity contribution in [3.63, 3.8) is 0 Å². The third kappa shape index (κ3) is 2.86. The molecule has 0 radical (unpaired) electrons. The summed E-state index contributed by atoms with van der Waals surface area (Å²) in [6, 6.07) is 8.01. The van der Waals surface area contributed by atoms with Crippen molar-refractivity contribution in [2.45, 2.75) is 37.8 Å². The van der Waals surface area contributed by atoms with Gasteiger partial charge in [-0.1, -0.05) is 12.1 Å². The normalized spacial score (nSPS) is 21.1. The van der Waals surface area contributed by atoms with Gasteiger partial charge in [-0.25, -0.2) is 0 Å². The molecule has 1 fully saturated rings. The second kappa shape index (κ2) is 5.65. The van der Waals surface area contributed by atoms with Crippen LogP contribution in [0.1, 0.15) is 37.5 Å². The van der Waals surface area contributed by atoms with E-state index in [0.29, 0.717) is 6.10 Å². The van der Waals surface area contributed by atoms with Crippen molar-refractivity contribution < 1.29 is 9.15 Å². The van der Waals surface area contributed by atoms with Crippen LogP contribution < -0.4 is 5.73 Å². The van der Waals surface area contributed by atoms with E-state index in [2.05, 4.69) is 15.9 Å². The van der Waals surface area contributed by atoms with Crippen molar-refractivity contribution in [3.05, 3.63) is 34.5 Å². The molecule has 0 amide bonds. The molecular weight excluding hydrogens is 306 g/mol. The van der Waals surface area contributed by atoms with Crippen molar-refractivity contribution >= 4 is 26.9 Å². The maximum absolute atomic E-state index is 6.22. The summed E-state index contributed by atoms with van der Waals surface area (Å²) in [4.78, 5) is 0. The summed E-state index contributed by atoms with van der Waals surface area (Å²) >= 11 is 3.50. The zero-order valence-electron chi connectivity index (χ0n) is 10.8. The van der Waals surface area contributed by atoms with Crippen LogP contribution in [0.15, 0.2) is 33.2 Å². The lowest BCUT2D eigenvalue weighted by Gasteiger charge is -2.12. The van der Waals surface area contributed by atoms with E-state index in [4.69, 9.17) is 14.9 Å². The number of ether oxygens (including phenoxy) is 1. The van der Waals surface area contributed by atoms with Crippen molar-refractivity contribution in [1.82, 2.24) is 0 Å². The van der Waals surface area contributed by atoms with E-state index in [-0.39, 0.29) is 6.04 Å². The van der Waals surface area contributed by atoms with Gasteiger partial charge in [0.1, 0.15) is 11.3 Å². The molecule has 1 saturated heterocycles. The number of fused-ring (bicyclic) bond motifs is 1. The Morgan fingerprint density at radius 3 is 3.05 bits per heavy atom. The molecule has 3 nitrogen and oxygen atoms in total. The smallest absolute Gasteiger partial charge is 0.148 e. The topological polar surface area (TPSA) is 48.4 Å². The summed E-state index contributed by atoms with van der Waals surface area (Å²) in [6.07, 6.45) is 4.65. The molecule has 0 saturated carbocycles. The second-order valence-corrected chi connectivity index (χ2v) is 5.98. The number of para-hydroxylation sites is 1. The number of furan rings is 1. The SMILES string of the molecule is NC(CCC1CCCO1)c1cc2cccc(Br)c2o1. The summed E-state index contributed by atoms with van der Waals surface area (Å²) in [5, 5.41) is 1.09. The Bertz CT molecular complexity index is 560. The van der Waals surface area contributed by atoms with Crippen molar-refractivity contribution in [2.24, 2.45) is 5.73 Å². The van der Waals surface area contributed by atoms with Crippen LogP contribution in [-0.2, 0) is 4.74 Å². The molecule has 1 aliphatic heterocycles. The van der Waals surface area contributed by atoms with Gasteiger partial charge in [0.15, 0.2) is 0 Å². The number of nitrogens with two attached hydrogens (primary N) is 1. The van der Waals surface area contributed by atoms with E-state index in [1.807, 2.05) is 24.3 Å². The first-order valence-electron chi connectivity index (χ1n) is 6.79. The molecule has 19 heavy (non-hydrogen) atoms. The van der Waals surface area contributed by atoms with Gasteiger partial charge in [0.05, 0.1) is 16.6 Å². The number of rotatable bonds is 4. The highest BCUT2D eigenvalue weighted by molar-refractivity contribution is 9.10. The lowest BCUT2D eigenvalue weighted by molar-refractivity contribution is 0.100. The van der Waals surface area contributed by atoms with Crippen LogP contribution in [0.5, 0.6) is 0 Å². The van der Waals surface area contributed by atoms with Crippen LogP contribution in [0.2, 0.25) is 0 Å². The summed E-state index contributed by atoms with van der Waals surface area (Å²) in [6.45, 7) is 0.900. The lowest BCUT2D eigenvalue weighted by Crippen LogP contribution is -2.13. The maximum Gasteiger partial charge on any atom is 0.148 e. The fraction of sp³-hybridized carbons (Fsp3) is 0.467. The minimum Gasteiger partial charge on any atom is -0.458 e. The minimum atomic E-state index is -0.0523. The maximum atomic E-state index is 6.22. The average molecular weight is 324 g/mol. The molecule has 0 spiro atoms. The Kier molecular flexibility index (Phi) is 3.91. The minimum absolute atomic E-state index is 0.0523. The van der Waals surface area contributed by atoms with E-state index in [1.54, 1.807) is 0 Å². The predicted octanol–water partition coefficient (Wildman–Crippen LogP) is 4.15. The summed E-state index contributed by atoms with van der Waals surface area (Å²) in [7, 11) is 0. The number of benzene rings is 1. The van der Waals surface area contributed by atoms with Gasteiger partial charge in [-0.05, 0) is 53.7 Å². The molecule has 102 valence electrons. The number of halogens is 1. The first-order valence-corrected chi connectivity index (χ1v) is 7.58. The van der Waals surface area contributed by atoms with E-state index in [1.165, 1.54) is 12.8 Å². The second-order valence-electron chi connectivity index (χ2n) is 5.13. The molecule has 2 unspecified atom stereocenters. The Morgan fingerprint density at radius 1 is 1.42 bits per heavy atom. The highest BCUT2D eigenvalue weighted by Gasteiger charge is 2.19. The predicted molar refractivity (Wildman–Crippen MR) is 79.1 cm³/mol. The zero-order chi connectivity index (χ0) is 13.2. The van der Waals surface area contributed by atoms with Crippen molar-refractivity contribution in [2.75, 3.05) is 6.61 Å². The van der Waals surface area contributed by atoms with Crippen LogP contribution in [0.25, 0.3) is 11.0 Å². The molecule has 2 heterocycles. The van der Waals surface area contributed by atoms with Crippen LogP contribution in [0.4, 0.5) is 0 Å². The van der Waals surface area contributed by atoms with Gasteiger partial charge in [-0.3, -0.25) is 0 Å². The van der Waals surface area contributed by atoms with Gasteiger partial charge in [0.2, 0.25) is 0 Å². The third-order valence-corrected chi connectivity index (χ3v) is 4.33. The van der Waals surface area contributed by atoms with Crippen LogP contribution >= 0.6 is 15.9 Å². The van der Waals surface area contributed by atoms with Crippen molar-refractivity contribution in [3.8, 4) is 0 Å². The molecule has 1 aromatic heterocycles. The van der Waals surface area contributed by atoms with Gasteiger partial charge in [0, 0.05) is 12.0 Å². The molecule has 4 heteroatoms. The third-order valence-electron chi connectivity index (χ3n) is 3.70. The molecule has 2 aromatic rings. The molecule has 1 aliphatic rings. The molecule has 2 N–H and O–H groups in total. The van der Waals surface area contributed by atoms with Crippen LogP contribution in [0.3, 0.4) is 0 Å². The highest BCUT2D eigenvalue weighted by Crippen LogP contribution is 2.31. The molecular formula is C15H18BrNO2. The van der Waals surface area contributed by atoms with Gasteiger partial charge in [-0.15, -0.1) is 0 Å². The average Bonchev–Trinajstić information content (AvgIpc) is 3.05. The van der Waals surface area contributed by atoms with E-state index in [9.17, 15) is 0 Å². The van der Waals surface area contributed by atoms with E-state index >= 15 is 0 Å². The Morgan fingerprint density at radius 2 is 2.32 bits per heavy atom. The van der Waals surface area contributed by atoms with Gasteiger partial charge < -0.3 is 14.9 Å². The fourth-order valence-corrected chi connectivity index (χ4v) is 3.07. The summed E-state index contributed by atoms with van der Waals surface area (Å²) in [5.74, 6) is 0.861. The fourth-order valence-electron chi connectivity index (χ4n) is 2.61. The molecule has 1 aromatic carbocycles. The Hall–Kier alpha value is -0.840. The zero-order valence-corrected chi connectivity index (χ0v) is 12.4. The number of hydrogen-bond donors (Lipinski definition) is 1. The Labute approximate surface area is 121 Å². The first-order chi connectivity index (χ1) is 9.24. The van der Waals surface area contributed by atoms with E-state index in [0.717, 1.165) is 40.7 Å². The highest BCUT2D eigenvalue weighted by atomic mass is 79.9. The Balaban J connectivity index is 1.70. The van der Waals surface area contributed by atoms with Gasteiger partial charge >= 0.3 is 0 Å². The van der Waals surface area contributed by atoms with Gasteiger partial charge in [0.25, 0.3) is 0 Å². The molecule has 0 bridgehead atoms. The number of hydrogen-bond acceptors (Lipinski definition) is 3. The van der Waals surface area contributed by atoms with Crippen LogP contribution in [-0.4, -0.2) is 12.7 Å². The molecule has 2 atom stereocenters. The summed E-state index contributed by atoms with van der Waals surface area (Å²) < 4.78 is 12.5. The standard InChI is InChI=1S/C15H18BrNO2/c16-12-5-1-3-10-9-14(19-15(10)12)13(17)7-6-11-4-2-8-18-11/h1,3,5,9,11,13H,2,4,6-8,17H2. The van der Waals surface area contributed by atoms with Gasteiger partial charge in [-0.2, -0.15) is 0 Å². The van der Waals surface area contributed by atoms with Crippen LogP contribution in [0, 0.1) is 0 Å². The first kappa shape index (κ1) is 13.2. The quantitative estimate of drug-likeness (QED) is 0.919. The lowest BCUT2D eigenvalue weighted by atomic mass is 10.0. The summed E-state index contributed by atoms with van der Waals surface area (Å²) in [5.41, 5.74) is 7.10. The van der Waals surface area contributed by atoms with Crippen molar-refractivity contribution in [1.29, 1.82) is 0 Å². The van der Waals surface area contributed by atoms with E-state index < -0.39 is 0 Å². The molecule has 0 aliphatic carbocycles.